The Bertz CT molecular complexity index is 1660. The van der Waals surface area contributed by atoms with Crippen molar-refractivity contribution in [2.75, 3.05) is 5.32 Å². The number of ketones is 1. The number of amides is 1. The summed E-state index contributed by atoms with van der Waals surface area (Å²) in [5, 5.41) is 2.46. The third-order valence-electron chi connectivity index (χ3n) is 7.07. The first-order valence-electron chi connectivity index (χ1n) is 13.1. The summed E-state index contributed by atoms with van der Waals surface area (Å²) in [5.41, 5.74) is 4.34. The summed E-state index contributed by atoms with van der Waals surface area (Å²) in [6.07, 6.45) is 4.23. The van der Waals surface area contributed by atoms with Gasteiger partial charge in [0.15, 0.2) is 0 Å². The van der Waals surface area contributed by atoms with Crippen LogP contribution in [0.5, 0.6) is 0 Å². The normalized spacial score (nSPS) is 13.0. The number of nitrogens with one attached hydrogen (secondary N) is 1. The number of hydrogen-bond donors (Lipinski definition) is 1. The highest BCUT2D eigenvalue weighted by Gasteiger charge is 2.25. The molecule has 0 spiro atoms. The second-order valence-electron chi connectivity index (χ2n) is 10.1. The molecule has 4 nitrogen and oxygen atoms in total. The number of Topliss-reactive ketones (excluding diaryl/α,β-unsaturated/α-hetero) is 1. The van der Waals surface area contributed by atoms with Crippen LogP contribution >= 0.6 is 0 Å². The van der Waals surface area contributed by atoms with Gasteiger partial charge in [-0.3, -0.25) is 14.6 Å². The SMILES string of the molecule is CC(=O)Nc1cc(-c2cccnc2[C@@H](CC(=O)CC2=CCc3ccc(F)cc32)Cc2cc(F)cc(F)c2)ccc1F. The van der Waals surface area contributed by atoms with Crippen LogP contribution in [0.15, 0.2) is 79.0 Å². The quantitative estimate of drug-likeness (QED) is 0.216. The molecular formula is C33H26F4N2O2. The molecule has 1 aliphatic rings. The molecule has 1 aliphatic carbocycles. The molecule has 0 radical (unpaired) electrons. The number of nitrogens with zero attached hydrogens (tertiary/aromatic N) is 1. The molecule has 1 aromatic heterocycles. The van der Waals surface area contributed by atoms with Gasteiger partial charge < -0.3 is 5.32 Å². The van der Waals surface area contributed by atoms with Crippen LogP contribution in [0.4, 0.5) is 23.2 Å². The monoisotopic (exact) mass is 558 g/mol. The molecule has 0 fully saturated rings. The van der Waals surface area contributed by atoms with Gasteiger partial charge in [0.2, 0.25) is 5.91 Å². The summed E-state index contributed by atoms with van der Waals surface area (Å²) >= 11 is 0. The Hall–Kier alpha value is -4.59. The standard InChI is InChI=1S/C33H26F4N2O2/c1-19(40)39-32-16-23(7-9-31(32)37)29-3-2-10-38-33(29)24(11-20-12-26(35)17-27(36)13-20)15-28(41)14-22-5-4-21-6-8-25(34)18-30(21)22/h2-3,5-10,12-13,16-18,24H,4,11,14-15H2,1H3,(H,39,40)/t24-/m1/s1. The van der Waals surface area contributed by atoms with E-state index >= 15 is 0 Å². The topological polar surface area (TPSA) is 59.1 Å². The van der Waals surface area contributed by atoms with E-state index in [-0.39, 0.29) is 36.6 Å². The Balaban J connectivity index is 1.50. The maximum atomic E-state index is 14.4. The van der Waals surface area contributed by atoms with Crippen molar-refractivity contribution < 1.29 is 27.2 Å². The summed E-state index contributed by atoms with van der Waals surface area (Å²) in [5.74, 6) is -3.65. The van der Waals surface area contributed by atoms with Gasteiger partial charge in [-0.1, -0.05) is 24.3 Å². The van der Waals surface area contributed by atoms with Crippen LogP contribution in [0, 0.1) is 23.3 Å². The van der Waals surface area contributed by atoms with Crippen molar-refractivity contribution >= 4 is 23.0 Å². The van der Waals surface area contributed by atoms with Gasteiger partial charge in [0, 0.05) is 43.5 Å². The zero-order valence-corrected chi connectivity index (χ0v) is 22.2. The third kappa shape index (κ3) is 6.60. The number of pyridine rings is 1. The Kier molecular flexibility index (Phi) is 8.10. The zero-order chi connectivity index (χ0) is 29.1. The molecule has 3 aromatic carbocycles. The van der Waals surface area contributed by atoms with Crippen LogP contribution in [0.1, 0.15) is 48.1 Å². The molecule has 1 heterocycles. The number of rotatable bonds is 9. The van der Waals surface area contributed by atoms with Crippen molar-refractivity contribution in [3.63, 3.8) is 0 Å². The van der Waals surface area contributed by atoms with Crippen molar-refractivity contribution in [3.05, 3.63) is 125 Å². The fourth-order valence-electron chi connectivity index (χ4n) is 5.34. The molecule has 0 aliphatic heterocycles. The molecule has 1 atom stereocenters. The Morgan fingerprint density at radius 1 is 0.902 bits per heavy atom. The van der Waals surface area contributed by atoms with Crippen LogP contribution in [-0.4, -0.2) is 16.7 Å². The molecule has 4 aromatic rings. The summed E-state index contributed by atoms with van der Waals surface area (Å²) in [6.45, 7) is 1.27. The molecule has 1 N–H and O–H groups in total. The minimum Gasteiger partial charge on any atom is -0.324 e. The summed E-state index contributed by atoms with van der Waals surface area (Å²) < 4.78 is 56.5. The molecule has 0 unspecified atom stereocenters. The lowest BCUT2D eigenvalue weighted by molar-refractivity contribution is -0.118. The van der Waals surface area contributed by atoms with Crippen molar-refractivity contribution in [2.45, 2.75) is 38.5 Å². The zero-order valence-electron chi connectivity index (χ0n) is 22.2. The van der Waals surface area contributed by atoms with Crippen molar-refractivity contribution in [1.82, 2.24) is 4.98 Å². The summed E-state index contributed by atoms with van der Waals surface area (Å²) in [4.78, 5) is 29.6. The van der Waals surface area contributed by atoms with Gasteiger partial charge >= 0.3 is 0 Å². The van der Waals surface area contributed by atoms with Crippen molar-refractivity contribution in [3.8, 4) is 11.1 Å². The number of carbonyl (C=O) groups is 2. The Labute approximate surface area is 234 Å². The molecule has 208 valence electrons. The van der Waals surface area contributed by atoms with Crippen LogP contribution < -0.4 is 5.32 Å². The van der Waals surface area contributed by atoms with E-state index in [2.05, 4.69) is 10.3 Å². The van der Waals surface area contributed by atoms with E-state index in [0.717, 1.165) is 17.2 Å². The van der Waals surface area contributed by atoms with Crippen LogP contribution in [0.25, 0.3) is 16.7 Å². The van der Waals surface area contributed by atoms with E-state index < -0.39 is 29.3 Å². The first kappa shape index (κ1) is 28.0. The van der Waals surface area contributed by atoms with E-state index in [1.165, 1.54) is 49.4 Å². The fourth-order valence-corrected chi connectivity index (χ4v) is 5.34. The largest absolute Gasteiger partial charge is 0.324 e. The number of benzene rings is 3. The average molecular weight is 559 g/mol. The molecule has 0 bridgehead atoms. The smallest absolute Gasteiger partial charge is 0.221 e. The summed E-state index contributed by atoms with van der Waals surface area (Å²) in [6, 6.07) is 15.4. The maximum absolute atomic E-state index is 14.4. The van der Waals surface area contributed by atoms with Gasteiger partial charge in [-0.15, -0.1) is 0 Å². The average Bonchev–Trinajstić information content (AvgIpc) is 3.30. The lowest BCUT2D eigenvalue weighted by Gasteiger charge is -2.20. The van der Waals surface area contributed by atoms with E-state index in [4.69, 9.17) is 0 Å². The van der Waals surface area contributed by atoms with Gasteiger partial charge in [-0.05, 0) is 83.1 Å². The predicted molar refractivity (Wildman–Crippen MR) is 149 cm³/mol. The number of hydrogen-bond acceptors (Lipinski definition) is 3. The van der Waals surface area contributed by atoms with Crippen LogP contribution in [-0.2, 0) is 22.4 Å². The molecule has 8 heteroatoms. The Morgan fingerprint density at radius 2 is 1.68 bits per heavy atom. The van der Waals surface area contributed by atoms with Gasteiger partial charge in [0.25, 0.3) is 0 Å². The number of carbonyl (C=O) groups excluding carboxylic acids is 2. The minimum atomic E-state index is -0.737. The molecule has 0 saturated carbocycles. The number of halogens is 4. The molecule has 5 rings (SSSR count). The van der Waals surface area contributed by atoms with E-state index in [9.17, 15) is 27.2 Å². The maximum Gasteiger partial charge on any atom is 0.221 e. The van der Waals surface area contributed by atoms with Gasteiger partial charge in [0.1, 0.15) is 29.1 Å². The Morgan fingerprint density at radius 3 is 2.44 bits per heavy atom. The molecule has 0 saturated heterocycles. The lowest BCUT2D eigenvalue weighted by atomic mass is 9.85. The number of anilines is 1. The molecule has 1 amide bonds. The minimum absolute atomic E-state index is 0.0100. The molecule has 41 heavy (non-hydrogen) atoms. The highest BCUT2D eigenvalue weighted by Crippen LogP contribution is 2.36. The number of aromatic nitrogens is 1. The van der Waals surface area contributed by atoms with Gasteiger partial charge in [-0.2, -0.15) is 0 Å². The predicted octanol–water partition coefficient (Wildman–Crippen LogP) is 7.58. The van der Waals surface area contributed by atoms with Crippen molar-refractivity contribution in [1.29, 1.82) is 0 Å². The highest BCUT2D eigenvalue weighted by molar-refractivity contribution is 5.93. The fraction of sp³-hybridized carbons (Fsp3) is 0.182. The highest BCUT2D eigenvalue weighted by atomic mass is 19.1. The lowest BCUT2D eigenvalue weighted by Crippen LogP contribution is -2.13. The second kappa shape index (κ2) is 11.9. The van der Waals surface area contributed by atoms with E-state index in [1.807, 2.05) is 6.08 Å². The van der Waals surface area contributed by atoms with E-state index in [0.29, 0.717) is 34.4 Å². The van der Waals surface area contributed by atoms with Gasteiger partial charge in [0.05, 0.1) is 11.4 Å². The first-order valence-corrected chi connectivity index (χ1v) is 13.1. The van der Waals surface area contributed by atoms with Crippen LogP contribution in [0.3, 0.4) is 0 Å². The number of fused-ring (bicyclic) bond motifs is 1. The number of allylic oxidation sites excluding steroid dienone is 2. The van der Waals surface area contributed by atoms with Crippen molar-refractivity contribution in [2.24, 2.45) is 0 Å². The van der Waals surface area contributed by atoms with Gasteiger partial charge in [-0.25, -0.2) is 17.6 Å². The second-order valence-corrected chi connectivity index (χ2v) is 10.1. The van der Waals surface area contributed by atoms with Crippen LogP contribution in [0.2, 0.25) is 0 Å². The first-order chi connectivity index (χ1) is 19.7. The summed E-state index contributed by atoms with van der Waals surface area (Å²) in [7, 11) is 0. The van der Waals surface area contributed by atoms with E-state index in [1.54, 1.807) is 24.4 Å². The third-order valence-corrected chi connectivity index (χ3v) is 7.07. The molecular weight excluding hydrogens is 532 g/mol.